The van der Waals surface area contributed by atoms with Crippen LogP contribution in [0.2, 0.25) is 0 Å². The summed E-state index contributed by atoms with van der Waals surface area (Å²) >= 11 is 5.23. The lowest BCUT2D eigenvalue weighted by atomic mass is 10.1. The number of nitrogens with one attached hydrogen (secondary N) is 1. The summed E-state index contributed by atoms with van der Waals surface area (Å²) in [5.74, 6) is -0.618. The number of aromatic amines is 1. The van der Waals surface area contributed by atoms with Crippen LogP contribution < -0.4 is 0 Å². The fourth-order valence-electron chi connectivity index (χ4n) is 2.25. The Labute approximate surface area is 125 Å². The van der Waals surface area contributed by atoms with Gasteiger partial charge in [0.25, 0.3) is 0 Å². The Morgan fingerprint density at radius 1 is 1.19 bits per heavy atom. The summed E-state index contributed by atoms with van der Waals surface area (Å²) in [6.45, 7) is 0.0151. The lowest BCUT2D eigenvalue weighted by molar-refractivity contribution is 0.0970. The van der Waals surface area contributed by atoms with Crippen LogP contribution in [0.5, 0.6) is 11.5 Å². The summed E-state index contributed by atoms with van der Waals surface area (Å²) in [7, 11) is 0. The molecule has 2 aromatic carbocycles. The number of carbonyl (C=O) groups is 1. The number of hydrogen-bond donors (Lipinski definition) is 3. The number of H-pyrrole nitrogens is 1. The van der Waals surface area contributed by atoms with E-state index in [0.29, 0.717) is 4.77 Å². The van der Waals surface area contributed by atoms with E-state index >= 15 is 0 Å². The molecule has 0 bridgehead atoms. The number of aromatic hydroxyl groups is 2. The van der Waals surface area contributed by atoms with E-state index in [-0.39, 0.29) is 29.4 Å². The fraction of sp³-hybridized carbons (Fsp3) is 0.0667. The monoisotopic (exact) mass is 300 g/mol. The minimum Gasteiger partial charge on any atom is -0.508 e. The molecule has 0 radical (unpaired) electrons. The molecule has 0 aliphatic heterocycles. The average Bonchev–Trinajstić information content (AvgIpc) is 2.75. The van der Waals surface area contributed by atoms with Crippen molar-refractivity contribution in [3.05, 3.63) is 52.8 Å². The van der Waals surface area contributed by atoms with Gasteiger partial charge in [-0.3, -0.25) is 4.79 Å². The maximum Gasteiger partial charge on any atom is 0.186 e. The van der Waals surface area contributed by atoms with Crippen LogP contribution in [-0.2, 0) is 6.54 Å². The Morgan fingerprint density at radius 3 is 2.71 bits per heavy atom. The van der Waals surface area contributed by atoms with Gasteiger partial charge in [0, 0.05) is 6.07 Å². The van der Waals surface area contributed by atoms with Crippen molar-refractivity contribution in [3.8, 4) is 11.5 Å². The van der Waals surface area contributed by atoms with E-state index in [1.54, 1.807) is 4.57 Å². The van der Waals surface area contributed by atoms with Gasteiger partial charge in [-0.25, -0.2) is 0 Å². The SMILES string of the molecule is O=C(Cn1c(=S)[nH]c2ccccc21)c1ccc(O)cc1O. The van der Waals surface area contributed by atoms with Crippen molar-refractivity contribution in [1.29, 1.82) is 0 Å². The minimum absolute atomic E-state index is 0.0151. The van der Waals surface area contributed by atoms with Crippen molar-refractivity contribution >= 4 is 29.0 Å². The molecule has 3 N–H and O–H groups in total. The Hall–Kier alpha value is -2.60. The predicted octanol–water partition coefficient (Wildman–Crippen LogP) is 2.99. The zero-order valence-corrected chi connectivity index (χ0v) is 11.7. The number of aromatic nitrogens is 2. The highest BCUT2D eigenvalue weighted by Crippen LogP contribution is 2.24. The van der Waals surface area contributed by atoms with Gasteiger partial charge >= 0.3 is 0 Å². The molecule has 0 saturated carbocycles. The number of carbonyl (C=O) groups excluding carboxylic acids is 1. The molecule has 0 spiro atoms. The van der Waals surface area contributed by atoms with Gasteiger partial charge in [-0.1, -0.05) is 12.1 Å². The number of phenolic OH excluding ortho intramolecular Hbond substituents is 2. The van der Waals surface area contributed by atoms with Crippen LogP contribution in [-0.4, -0.2) is 25.5 Å². The number of hydrogen-bond acceptors (Lipinski definition) is 4. The van der Waals surface area contributed by atoms with E-state index in [0.717, 1.165) is 17.1 Å². The molecule has 0 atom stereocenters. The first-order valence-electron chi connectivity index (χ1n) is 6.29. The van der Waals surface area contributed by atoms with Gasteiger partial charge < -0.3 is 19.8 Å². The molecule has 0 aliphatic rings. The van der Waals surface area contributed by atoms with Gasteiger partial charge in [0.15, 0.2) is 10.6 Å². The molecule has 3 aromatic rings. The maximum absolute atomic E-state index is 12.3. The van der Waals surface area contributed by atoms with E-state index in [4.69, 9.17) is 12.2 Å². The Bertz CT molecular complexity index is 895. The van der Waals surface area contributed by atoms with Crippen molar-refractivity contribution < 1.29 is 15.0 Å². The van der Waals surface area contributed by atoms with Crippen molar-refractivity contribution in [3.63, 3.8) is 0 Å². The van der Waals surface area contributed by atoms with Crippen LogP contribution in [0, 0.1) is 4.77 Å². The van der Waals surface area contributed by atoms with E-state index in [2.05, 4.69) is 4.98 Å². The third-order valence-electron chi connectivity index (χ3n) is 3.27. The van der Waals surface area contributed by atoms with Crippen molar-refractivity contribution in [2.45, 2.75) is 6.54 Å². The number of nitrogens with zero attached hydrogens (tertiary/aromatic N) is 1. The van der Waals surface area contributed by atoms with E-state index in [1.165, 1.54) is 12.1 Å². The molecule has 0 saturated heterocycles. The molecule has 1 aromatic heterocycles. The molecule has 1 heterocycles. The van der Waals surface area contributed by atoms with Gasteiger partial charge in [0.05, 0.1) is 23.1 Å². The number of Topliss-reactive ketones (excluding diaryl/α,β-unsaturated/α-hetero) is 1. The van der Waals surface area contributed by atoms with Gasteiger partial charge in [0.1, 0.15) is 11.5 Å². The smallest absolute Gasteiger partial charge is 0.186 e. The number of para-hydroxylation sites is 2. The Kier molecular flexibility index (Phi) is 3.23. The van der Waals surface area contributed by atoms with E-state index in [1.807, 2.05) is 24.3 Å². The molecule has 6 heteroatoms. The second-order valence-corrected chi connectivity index (χ2v) is 5.04. The number of imidazole rings is 1. The zero-order valence-electron chi connectivity index (χ0n) is 10.9. The van der Waals surface area contributed by atoms with E-state index in [9.17, 15) is 15.0 Å². The number of rotatable bonds is 3. The summed E-state index contributed by atoms with van der Waals surface area (Å²) in [6.07, 6.45) is 0. The fourth-order valence-corrected chi connectivity index (χ4v) is 2.52. The standard InChI is InChI=1S/C15H12N2O3S/c18-9-5-6-10(13(19)7-9)14(20)8-17-12-4-2-1-3-11(12)16-15(17)21/h1-7,18-19H,8H2,(H,16,21). The molecular formula is C15H12N2O3S. The van der Waals surface area contributed by atoms with E-state index < -0.39 is 0 Å². The normalized spacial score (nSPS) is 10.9. The first-order valence-corrected chi connectivity index (χ1v) is 6.70. The number of ketones is 1. The molecule has 0 aliphatic carbocycles. The van der Waals surface area contributed by atoms with Crippen LogP contribution in [0.1, 0.15) is 10.4 Å². The molecule has 0 fully saturated rings. The quantitative estimate of drug-likeness (QED) is 0.513. The third kappa shape index (κ3) is 2.41. The van der Waals surface area contributed by atoms with Crippen molar-refractivity contribution in [2.24, 2.45) is 0 Å². The summed E-state index contributed by atoms with van der Waals surface area (Å²) in [6, 6.07) is 11.4. The molecular weight excluding hydrogens is 288 g/mol. The van der Waals surface area contributed by atoms with Crippen LogP contribution in [0.3, 0.4) is 0 Å². The highest BCUT2D eigenvalue weighted by Gasteiger charge is 2.14. The van der Waals surface area contributed by atoms with Crippen LogP contribution in [0.15, 0.2) is 42.5 Å². The first-order chi connectivity index (χ1) is 10.1. The van der Waals surface area contributed by atoms with Gasteiger partial charge in [0.2, 0.25) is 0 Å². The lowest BCUT2D eigenvalue weighted by Gasteiger charge is -2.06. The van der Waals surface area contributed by atoms with Crippen LogP contribution in [0.4, 0.5) is 0 Å². The zero-order chi connectivity index (χ0) is 15.0. The van der Waals surface area contributed by atoms with Crippen LogP contribution in [0.25, 0.3) is 11.0 Å². The van der Waals surface area contributed by atoms with Gasteiger partial charge in [-0.05, 0) is 36.5 Å². The largest absolute Gasteiger partial charge is 0.508 e. The molecule has 3 rings (SSSR count). The summed E-state index contributed by atoms with van der Waals surface area (Å²) in [4.78, 5) is 15.3. The van der Waals surface area contributed by atoms with Crippen LogP contribution >= 0.6 is 12.2 Å². The number of benzene rings is 2. The summed E-state index contributed by atoms with van der Waals surface area (Å²) < 4.78 is 2.13. The number of fused-ring (bicyclic) bond motifs is 1. The van der Waals surface area contributed by atoms with Crippen molar-refractivity contribution in [2.75, 3.05) is 0 Å². The van der Waals surface area contributed by atoms with Gasteiger partial charge in [-0.2, -0.15) is 0 Å². The second-order valence-electron chi connectivity index (χ2n) is 4.66. The van der Waals surface area contributed by atoms with Crippen molar-refractivity contribution in [1.82, 2.24) is 9.55 Å². The minimum atomic E-state index is -0.284. The Balaban J connectivity index is 2.00. The third-order valence-corrected chi connectivity index (χ3v) is 3.59. The molecule has 0 amide bonds. The topological polar surface area (TPSA) is 78.2 Å². The average molecular weight is 300 g/mol. The Morgan fingerprint density at radius 2 is 1.95 bits per heavy atom. The predicted molar refractivity (Wildman–Crippen MR) is 81.2 cm³/mol. The summed E-state index contributed by atoms with van der Waals surface area (Å²) in [5.41, 5.74) is 1.83. The molecule has 21 heavy (non-hydrogen) atoms. The highest BCUT2D eigenvalue weighted by molar-refractivity contribution is 7.71. The molecule has 0 unspecified atom stereocenters. The first kappa shape index (κ1) is 13.4. The molecule has 106 valence electrons. The van der Waals surface area contributed by atoms with Gasteiger partial charge in [-0.15, -0.1) is 0 Å². The summed E-state index contributed by atoms with van der Waals surface area (Å²) in [5, 5.41) is 19.0. The maximum atomic E-state index is 12.3. The molecule has 5 nitrogen and oxygen atoms in total. The highest BCUT2D eigenvalue weighted by atomic mass is 32.1. The second kappa shape index (κ2) is 5.06. The lowest BCUT2D eigenvalue weighted by Crippen LogP contribution is -2.10. The number of phenols is 2.